The Morgan fingerprint density at radius 3 is 2.36 bits per heavy atom. The van der Waals surface area contributed by atoms with Crippen LogP contribution in [0.5, 0.6) is 0 Å². The summed E-state index contributed by atoms with van der Waals surface area (Å²) in [5, 5.41) is 9.28. The lowest BCUT2D eigenvalue weighted by Crippen LogP contribution is -2.11. The predicted molar refractivity (Wildman–Crippen MR) is 44.9 cm³/mol. The highest BCUT2D eigenvalue weighted by Crippen LogP contribution is 2.24. The SMILES string of the molecule is NCC[C@H](O)c1c(F)ccc(F)c1F. The van der Waals surface area contributed by atoms with E-state index >= 15 is 0 Å². The number of hydrogen-bond donors (Lipinski definition) is 2. The molecule has 3 N–H and O–H groups in total. The van der Waals surface area contributed by atoms with Crippen molar-refractivity contribution in [3.63, 3.8) is 0 Å². The van der Waals surface area contributed by atoms with Gasteiger partial charge in [-0.15, -0.1) is 0 Å². The maximum absolute atomic E-state index is 13.0. The smallest absolute Gasteiger partial charge is 0.167 e. The van der Waals surface area contributed by atoms with Gasteiger partial charge in [0.05, 0.1) is 11.7 Å². The summed E-state index contributed by atoms with van der Waals surface area (Å²) in [4.78, 5) is 0. The van der Waals surface area contributed by atoms with E-state index in [0.717, 1.165) is 6.07 Å². The largest absolute Gasteiger partial charge is 0.388 e. The molecule has 1 aromatic rings. The first-order chi connectivity index (χ1) is 6.57. The van der Waals surface area contributed by atoms with Gasteiger partial charge < -0.3 is 10.8 Å². The first-order valence-electron chi connectivity index (χ1n) is 4.09. The van der Waals surface area contributed by atoms with Crippen LogP contribution >= 0.6 is 0 Å². The highest BCUT2D eigenvalue weighted by atomic mass is 19.2. The van der Waals surface area contributed by atoms with Gasteiger partial charge in [0.25, 0.3) is 0 Å². The topological polar surface area (TPSA) is 46.2 Å². The molecule has 2 nitrogen and oxygen atoms in total. The van der Waals surface area contributed by atoms with Crippen LogP contribution in [-0.4, -0.2) is 11.7 Å². The molecule has 1 rings (SSSR count). The van der Waals surface area contributed by atoms with Crippen molar-refractivity contribution in [3.05, 3.63) is 35.1 Å². The van der Waals surface area contributed by atoms with Crippen LogP contribution in [0.15, 0.2) is 12.1 Å². The van der Waals surface area contributed by atoms with Gasteiger partial charge in [0.15, 0.2) is 11.6 Å². The molecule has 5 heteroatoms. The van der Waals surface area contributed by atoms with E-state index in [9.17, 15) is 18.3 Å². The molecule has 0 amide bonds. The Labute approximate surface area is 79.2 Å². The van der Waals surface area contributed by atoms with Crippen molar-refractivity contribution in [2.75, 3.05) is 6.54 Å². The summed E-state index contributed by atoms with van der Waals surface area (Å²) in [5.41, 5.74) is 4.45. The van der Waals surface area contributed by atoms with Crippen LogP contribution in [0, 0.1) is 17.5 Å². The summed E-state index contributed by atoms with van der Waals surface area (Å²) in [6.45, 7) is 0.0660. The molecular weight excluding hydrogens is 195 g/mol. The molecule has 0 bridgehead atoms. The number of halogens is 3. The van der Waals surface area contributed by atoms with Crippen LogP contribution in [0.4, 0.5) is 13.2 Å². The Bertz CT molecular complexity index is 330. The van der Waals surface area contributed by atoms with Crippen molar-refractivity contribution in [1.29, 1.82) is 0 Å². The lowest BCUT2D eigenvalue weighted by Gasteiger charge is -2.11. The maximum Gasteiger partial charge on any atom is 0.167 e. The second-order valence-corrected chi connectivity index (χ2v) is 2.85. The molecule has 0 saturated carbocycles. The fourth-order valence-electron chi connectivity index (χ4n) is 1.15. The van der Waals surface area contributed by atoms with E-state index < -0.39 is 29.1 Å². The summed E-state index contributed by atoms with van der Waals surface area (Å²) in [7, 11) is 0. The molecule has 0 unspecified atom stereocenters. The molecule has 78 valence electrons. The zero-order valence-corrected chi connectivity index (χ0v) is 7.30. The average Bonchev–Trinajstić information content (AvgIpc) is 2.13. The summed E-state index contributed by atoms with van der Waals surface area (Å²) in [6.07, 6.45) is -1.42. The molecule has 0 saturated heterocycles. The second kappa shape index (κ2) is 4.43. The zero-order chi connectivity index (χ0) is 10.7. The number of benzene rings is 1. The molecule has 0 radical (unpaired) electrons. The summed E-state index contributed by atoms with van der Waals surface area (Å²) < 4.78 is 38.7. The molecule has 0 aliphatic carbocycles. The third kappa shape index (κ3) is 2.05. The average molecular weight is 205 g/mol. The van der Waals surface area contributed by atoms with Crippen molar-refractivity contribution in [2.45, 2.75) is 12.5 Å². The van der Waals surface area contributed by atoms with E-state index in [2.05, 4.69) is 0 Å². The molecule has 1 aromatic carbocycles. The summed E-state index contributed by atoms with van der Waals surface area (Å²) >= 11 is 0. The Morgan fingerprint density at radius 2 is 1.79 bits per heavy atom. The van der Waals surface area contributed by atoms with Gasteiger partial charge in [0.1, 0.15) is 5.82 Å². The standard InChI is InChI=1S/C9H10F3NO/c10-5-1-2-6(11)9(12)8(5)7(14)3-4-13/h1-2,7,14H,3-4,13H2/t7-/m0/s1. The van der Waals surface area contributed by atoms with Gasteiger partial charge in [-0.1, -0.05) is 0 Å². The highest BCUT2D eigenvalue weighted by Gasteiger charge is 2.20. The minimum Gasteiger partial charge on any atom is -0.388 e. The Kier molecular flexibility index (Phi) is 3.49. The van der Waals surface area contributed by atoms with Gasteiger partial charge in [0.2, 0.25) is 0 Å². The lowest BCUT2D eigenvalue weighted by atomic mass is 10.1. The molecule has 14 heavy (non-hydrogen) atoms. The zero-order valence-electron chi connectivity index (χ0n) is 7.30. The van der Waals surface area contributed by atoms with Crippen molar-refractivity contribution < 1.29 is 18.3 Å². The van der Waals surface area contributed by atoms with Crippen LogP contribution in [0.3, 0.4) is 0 Å². The van der Waals surface area contributed by atoms with Gasteiger partial charge in [-0.2, -0.15) is 0 Å². The monoisotopic (exact) mass is 205 g/mol. The summed E-state index contributed by atoms with van der Waals surface area (Å²) in [6, 6.07) is 1.44. The van der Waals surface area contributed by atoms with Crippen LogP contribution in [0.2, 0.25) is 0 Å². The Hall–Kier alpha value is -1.07. The molecule has 0 fully saturated rings. The first kappa shape index (κ1) is 11.0. The van der Waals surface area contributed by atoms with Crippen LogP contribution in [-0.2, 0) is 0 Å². The first-order valence-corrected chi connectivity index (χ1v) is 4.09. The molecule has 0 heterocycles. The molecular formula is C9H10F3NO. The predicted octanol–water partition coefficient (Wildman–Crippen LogP) is 1.49. The van der Waals surface area contributed by atoms with Crippen molar-refractivity contribution in [1.82, 2.24) is 0 Å². The molecule has 0 aliphatic rings. The van der Waals surface area contributed by atoms with Crippen molar-refractivity contribution in [3.8, 4) is 0 Å². The van der Waals surface area contributed by atoms with E-state index in [4.69, 9.17) is 5.73 Å². The number of nitrogens with two attached hydrogens (primary N) is 1. The number of aliphatic hydroxyl groups is 1. The fraction of sp³-hybridized carbons (Fsp3) is 0.333. The van der Waals surface area contributed by atoms with Crippen molar-refractivity contribution in [2.24, 2.45) is 5.73 Å². The third-order valence-electron chi connectivity index (χ3n) is 1.85. The third-order valence-corrected chi connectivity index (χ3v) is 1.85. The van der Waals surface area contributed by atoms with E-state index in [0.29, 0.717) is 6.07 Å². The quantitative estimate of drug-likeness (QED) is 0.734. The number of hydrogen-bond acceptors (Lipinski definition) is 2. The fourth-order valence-corrected chi connectivity index (χ4v) is 1.15. The molecule has 0 aliphatic heterocycles. The minimum atomic E-state index is -1.41. The van der Waals surface area contributed by atoms with Gasteiger partial charge >= 0.3 is 0 Å². The van der Waals surface area contributed by atoms with Gasteiger partial charge in [-0.3, -0.25) is 0 Å². The van der Waals surface area contributed by atoms with Crippen molar-refractivity contribution >= 4 is 0 Å². The minimum absolute atomic E-state index is 0.0166. The normalized spacial score (nSPS) is 12.9. The van der Waals surface area contributed by atoms with E-state index in [1.54, 1.807) is 0 Å². The Balaban J connectivity index is 3.11. The summed E-state index contributed by atoms with van der Waals surface area (Å²) in [5.74, 6) is -3.51. The van der Waals surface area contributed by atoms with Gasteiger partial charge in [-0.25, -0.2) is 13.2 Å². The maximum atomic E-state index is 13.0. The molecule has 0 spiro atoms. The second-order valence-electron chi connectivity index (χ2n) is 2.85. The highest BCUT2D eigenvalue weighted by molar-refractivity contribution is 5.23. The van der Waals surface area contributed by atoms with E-state index in [1.807, 2.05) is 0 Å². The van der Waals surface area contributed by atoms with Gasteiger partial charge in [0, 0.05) is 0 Å². The van der Waals surface area contributed by atoms with E-state index in [-0.39, 0.29) is 13.0 Å². The van der Waals surface area contributed by atoms with Crippen LogP contribution < -0.4 is 5.73 Å². The number of aliphatic hydroxyl groups excluding tert-OH is 1. The van der Waals surface area contributed by atoms with E-state index in [1.165, 1.54) is 0 Å². The number of rotatable bonds is 3. The van der Waals surface area contributed by atoms with Crippen LogP contribution in [0.1, 0.15) is 18.1 Å². The molecule has 1 atom stereocenters. The Morgan fingerprint density at radius 1 is 1.21 bits per heavy atom. The lowest BCUT2D eigenvalue weighted by molar-refractivity contribution is 0.159. The van der Waals surface area contributed by atoms with Crippen LogP contribution in [0.25, 0.3) is 0 Å². The van der Waals surface area contributed by atoms with Gasteiger partial charge in [-0.05, 0) is 25.1 Å². The molecule has 0 aromatic heterocycles.